The monoisotopic (exact) mass is 362 g/mol. The van der Waals surface area contributed by atoms with Gasteiger partial charge in [-0.25, -0.2) is 0 Å². The first-order valence-corrected chi connectivity index (χ1v) is 8.67. The lowest BCUT2D eigenvalue weighted by atomic mass is 10.2. The van der Waals surface area contributed by atoms with Crippen LogP contribution in [-0.2, 0) is 16.1 Å². The average Bonchev–Trinajstić information content (AvgIpc) is 3.30. The SMILES string of the molecule is O=C(NCCC(O)c1cccs1)C(=O)NCc1ccc2c(c1)OCO2. The molecule has 1 aliphatic heterocycles. The number of fused-ring (bicyclic) bond motifs is 1. The van der Waals surface area contributed by atoms with E-state index >= 15 is 0 Å². The summed E-state index contributed by atoms with van der Waals surface area (Å²) in [5.41, 5.74) is 0.804. The minimum Gasteiger partial charge on any atom is -0.454 e. The van der Waals surface area contributed by atoms with E-state index in [9.17, 15) is 14.7 Å². The third-order valence-electron chi connectivity index (χ3n) is 3.67. The Labute approximate surface area is 148 Å². The number of carbonyl (C=O) groups excluding carboxylic acids is 2. The second-order valence-electron chi connectivity index (χ2n) is 5.45. The van der Waals surface area contributed by atoms with Crippen molar-refractivity contribution in [2.75, 3.05) is 13.3 Å². The quantitative estimate of drug-likeness (QED) is 0.674. The molecule has 2 heterocycles. The molecule has 0 bridgehead atoms. The van der Waals surface area contributed by atoms with Gasteiger partial charge in [-0.05, 0) is 35.6 Å². The molecule has 1 aliphatic rings. The number of amides is 2. The van der Waals surface area contributed by atoms with Crippen LogP contribution in [0.1, 0.15) is 23.0 Å². The van der Waals surface area contributed by atoms with Crippen LogP contribution >= 0.6 is 11.3 Å². The van der Waals surface area contributed by atoms with E-state index in [0.717, 1.165) is 10.4 Å². The van der Waals surface area contributed by atoms with Crippen LogP contribution in [0.4, 0.5) is 0 Å². The molecule has 1 aromatic carbocycles. The largest absolute Gasteiger partial charge is 0.454 e. The van der Waals surface area contributed by atoms with Crippen LogP contribution in [0, 0.1) is 0 Å². The van der Waals surface area contributed by atoms with E-state index in [1.165, 1.54) is 11.3 Å². The molecule has 2 aromatic rings. The van der Waals surface area contributed by atoms with Crippen molar-refractivity contribution in [1.29, 1.82) is 0 Å². The first-order chi connectivity index (χ1) is 12.1. The fourth-order valence-electron chi connectivity index (χ4n) is 2.34. The third-order valence-corrected chi connectivity index (χ3v) is 4.64. The highest BCUT2D eigenvalue weighted by Crippen LogP contribution is 2.32. The van der Waals surface area contributed by atoms with Crippen LogP contribution < -0.4 is 20.1 Å². The Morgan fingerprint density at radius 1 is 1.16 bits per heavy atom. The van der Waals surface area contributed by atoms with Crippen LogP contribution in [0.3, 0.4) is 0 Å². The summed E-state index contributed by atoms with van der Waals surface area (Å²) >= 11 is 1.45. The van der Waals surface area contributed by atoms with Crippen molar-refractivity contribution in [2.45, 2.75) is 19.1 Å². The highest BCUT2D eigenvalue weighted by molar-refractivity contribution is 7.10. The number of aliphatic hydroxyl groups excluding tert-OH is 1. The van der Waals surface area contributed by atoms with Gasteiger partial charge in [0, 0.05) is 18.0 Å². The molecule has 0 fully saturated rings. The predicted molar refractivity (Wildman–Crippen MR) is 91.3 cm³/mol. The Bertz CT molecular complexity index is 748. The van der Waals surface area contributed by atoms with E-state index in [-0.39, 0.29) is 19.9 Å². The summed E-state index contributed by atoms with van der Waals surface area (Å²) < 4.78 is 10.5. The van der Waals surface area contributed by atoms with E-state index in [4.69, 9.17) is 9.47 Å². The Morgan fingerprint density at radius 2 is 1.96 bits per heavy atom. The van der Waals surface area contributed by atoms with Crippen molar-refractivity contribution in [3.63, 3.8) is 0 Å². The highest BCUT2D eigenvalue weighted by atomic mass is 32.1. The van der Waals surface area contributed by atoms with E-state index < -0.39 is 17.9 Å². The first-order valence-electron chi connectivity index (χ1n) is 7.79. The van der Waals surface area contributed by atoms with Crippen molar-refractivity contribution in [2.24, 2.45) is 0 Å². The zero-order valence-corrected chi connectivity index (χ0v) is 14.2. The van der Waals surface area contributed by atoms with Gasteiger partial charge < -0.3 is 25.2 Å². The Morgan fingerprint density at radius 3 is 2.76 bits per heavy atom. The molecular formula is C17H18N2O5S. The number of ether oxygens (including phenoxy) is 2. The van der Waals surface area contributed by atoms with Crippen molar-refractivity contribution >= 4 is 23.2 Å². The highest BCUT2D eigenvalue weighted by Gasteiger charge is 2.16. The lowest BCUT2D eigenvalue weighted by Gasteiger charge is -2.10. The lowest BCUT2D eigenvalue weighted by Crippen LogP contribution is -2.40. The van der Waals surface area contributed by atoms with Gasteiger partial charge in [-0.15, -0.1) is 11.3 Å². The molecule has 0 aliphatic carbocycles. The zero-order chi connectivity index (χ0) is 17.6. The van der Waals surface area contributed by atoms with Crippen LogP contribution in [0.15, 0.2) is 35.7 Å². The topological polar surface area (TPSA) is 96.9 Å². The second kappa shape index (κ2) is 8.00. The number of aliphatic hydroxyl groups is 1. The van der Waals surface area contributed by atoms with Crippen LogP contribution in [0.5, 0.6) is 11.5 Å². The molecule has 1 aromatic heterocycles. The number of thiophene rings is 1. The molecule has 1 unspecified atom stereocenters. The second-order valence-corrected chi connectivity index (χ2v) is 6.43. The maximum absolute atomic E-state index is 11.8. The number of benzene rings is 1. The van der Waals surface area contributed by atoms with Crippen LogP contribution in [-0.4, -0.2) is 30.3 Å². The zero-order valence-electron chi connectivity index (χ0n) is 13.4. The Hall–Kier alpha value is -2.58. The van der Waals surface area contributed by atoms with Gasteiger partial charge in [0.15, 0.2) is 11.5 Å². The Balaban J connectivity index is 1.39. The minimum absolute atomic E-state index is 0.185. The summed E-state index contributed by atoms with van der Waals surface area (Å²) in [5, 5.41) is 16.9. The average molecular weight is 362 g/mol. The molecular weight excluding hydrogens is 344 g/mol. The molecule has 3 rings (SSSR count). The lowest BCUT2D eigenvalue weighted by molar-refractivity contribution is -0.139. The van der Waals surface area contributed by atoms with Crippen molar-refractivity contribution in [3.05, 3.63) is 46.2 Å². The molecule has 0 spiro atoms. The van der Waals surface area contributed by atoms with E-state index in [1.54, 1.807) is 18.2 Å². The van der Waals surface area contributed by atoms with Crippen LogP contribution in [0.25, 0.3) is 0 Å². The van der Waals surface area contributed by atoms with Gasteiger partial charge in [0.1, 0.15) is 0 Å². The van der Waals surface area contributed by atoms with Gasteiger partial charge in [0.2, 0.25) is 6.79 Å². The van der Waals surface area contributed by atoms with Gasteiger partial charge >= 0.3 is 11.8 Å². The molecule has 0 radical (unpaired) electrons. The summed E-state index contributed by atoms with van der Waals surface area (Å²) in [6.07, 6.45) is -0.293. The summed E-state index contributed by atoms with van der Waals surface area (Å²) in [5.74, 6) is -0.154. The number of hydrogen-bond acceptors (Lipinski definition) is 6. The molecule has 25 heavy (non-hydrogen) atoms. The molecule has 0 saturated carbocycles. The molecule has 7 nitrogen and oxygen atoms in total. The van der Waals surface area contributed by atoms with Crippen LogP contribution in [0.2, 0.25) is 0 Å². The summed E-state index contributed by atoms with van der Waals surface area (Å²) in [4.78, 5) is 24.4. The van der Waals surface area contributed by atoms with Gasteiger partial charge in [-0.3, -0.25) is 9.59 Å². The number of hydrogen-bond donors (Lipinski definition) is 3. The summed E-state index contributed by atoms with van der Waals surface area (Å²) in [7, 11) is 0. The smallest absolute Gasteiger partial charge is 0.309 e. The number of rotatable bonds is 6. The first kappa shape index (κ1) is 17.2. The molecule has 0 saturated heterocycles. The standard InChI is InChI=1S/C17H18N2O5S/c20-12(15-2-1-7-25-15)5-6-18-16(21)17(22)19-9-11-3-4-13-14(8-11)24-10-23-13/h1-4,7-8,12,20H,5-6,9-10H2,(H,18,21)(H,19,22). The Kier molecular flexibility index (Phi) is 5.52. The van der Waals surface area contributed by atoms with Crippen molar-refractivity contribution < 1.29 is 24.2 Å². The summed E-state index contributed by atoms with van der Waals surface area (Å²) in [6.45, 7) is 0.612. The molecule has 3 N–H and O–H groups in total. The van der Waals surface area contributed by atoms with E-state index in [0.29, 0.717) is 17.9 Å². The van der Waals surface area contributed by atoms with Gasteiger partial charge in [-0.2, -0.15) is 0 Å². The van der Waals surface area contributed by atoms with Gasteiger partial charge in [0.05, 0.1) is 6.10 Å². The van der Waals surface area contributed by atoms with E-state index in [2.05, 4.69) is 10.6 Å². The molecule has 2 amide bonds. The fourth-order valence-corrected chi connectivity index (χ4v) is 3.09. The fraction of sp³-hybridized carbons (Fsp3) is 0.294. The number of nitrogens with one attached hydrogen (secondary N) is 2. The minimum atomic E-state index is -0.723. The van der Waals surface area contributed by atoms with Gasteiger partial charge in [-0.1, -0.05) is 12.1 Å². The molecule has 8 heteroatoms. The molecule has 132 valence electrons. The maximum Gasteiger partial charge on any atom is 0.309 e. The maximum atomic E-state index is 11.8. The number of carbonyl (C=O) groups is 2. The van der Waals surface area contributed by atoms with Gasteiger partial charge in [0.25, 0.3) is 0 Å². The summed E-state index contributed by atoms with van der Waals surface area (Å²) in [6, 6.07) is 9.00. The van der Waals surface area contributed by atoms with Crippen molar-refractivity contribution in [1.82, 2.24) is 10.6 Å². The normalized spacial score (nSPS) is 13.3. The predicted octanol–water partition coefficient (Wildman–Crippen LogP) is 1.33. The van der Waals surface area contributed by atoms with E-state index in [1.807, 2.05) is 17.5 Å². The molecule has 1 atom stereocenters. The van der Waals surface area contributed by atoms with Crippen molar-refractivity contribution in [3.8, 4) is 11.5 Å². The third kappa shape index (κ3) is 4.49.